The van der Waals surface area contributed by atoms with Gasteiger partial charge in [-0.05, 0) is 134 Å². The van der Waals surface area contributed by atoms with E-state index in [2.05, 4.69) is 43.4 Å². The lowest BCUT2D eigenvalue weighted by Crippen LogP contribution is -2.70. The smallest absolute Gasteiger partial charge is 0.407 e. The predicted molar refractivity (Wildman–Crippen MR) is 289 cm³/mol. The molecule has 79 heavy (non-hydrogen) atoms. The van der Waals surface area contributed by atoms with E-state index in [9.17, 15) is 34.5 Å². The molecule has 2 aliphatic carbocycles. The number of rotatable bonds is 23. The molecule has 0 aromatic heterocycles. The van der Waals surface area contributed by atoms with Gasteiger partial charge in [0.1, 0.15) is 52.6 Å². The number of aromatic hydroxyl groups is 1. The van der Waals surface area contributed by atoms with Crippen LogP contribution in [-0.2, 0) is 60.3 Å². The molecule has 2 spiro atoms. The van der Waals surface area contributed by atoms with E-state index in [-0.39, 0.29) is 62.4 Å². The topological polar surface area (TPSA) is 313 Å². The van der Waals surface area contributed by atoms with E-state index in [0.717, 1.165) is 16.7 Å². The highest BCUT2D eigenvalue weighted by atomic mass is 16.7. The van der Waals surface area contributed by atoms with Gasteiger partial charge in [-0.3, -0.25) is 9.59 Å². The minimum Gasteiger partial charge on any atom is -0.508 e. The lowest BCUT2D eigenvalue weighted by molar-refractivity contribution is -0.223. The number of nitrogens with zero attached hydrogens (tertiary/aromatic N) is 3. The summed E-state index contributed by atoms with van der Waals surface area (Å²) in [5.41, 5.74) is 7.93. The van der Waals surface area contributed by atoms with Crippen molar-refractivity contribution in [2.75, 3.05) is 53.6 Å². The summed E-state index contributed by atoms with van der Waals surface area (Å²) < 4.78 is 46.7. The number of alkyl carbamates (subject to hydrolysis) is 2. The summed E-state index contributed by atoms with van der Waals surface area (Å²) in [4.78, 5) is 52.4. The first-order valence-electron chi connectivity index (χ1n) is 27.3. The Morgan fingerprint density at radius 3 is 1.51 bits per heavy atom. The van der Waals surface area contributed by atoms with Crippen LogP contribution in [0.3, 0.4) is 0 Å². The molecular formula is C57H81N7O15. The summed E-state index contributed by atoms with van der Waals surface area (Å²) in [5.74, 6) is -0.103. The third-order valence-corrected chi connectivity index (χ3v) is 16.5. The van der Waals surface area contributed by atoms with Crippen molar-refractivity contribution in [3.8, 4) is 5.75 Å². The van der Waals surface area contributed by atoms with Crippen LogP contribution in [0.1, 0.15) is 110 Å². The Kier molecular flexibility index (Phi) is 19.5. The summed E-state index contributed by atoms with van der Waals surface area (Å²) in [6, 6.07) is 12.2. The molecule has 4 amide bonds. The summed E-state index contributed by atoms with van der Waals surface area (Å²) in [6.45, 7) is 15.3. The molecule has 12 unspecified atom stereocenters. The quantitative estimate of drug-likeness (QED) is 0.0161. The number of aliphatic hydroxyl groups is 2. The number of phenolic OH excluding ortho intramolecular Hbond substituents is 1. The van der Waals surface area contributed by atoms with Crippen LogP contribution in [0, 0.1) is 6.92 Å². The van der Waals surface area contributed by atoms with Crippen LogP contribution < -0.4 is 21.3 Å². The van der Waals surface area contributed by atoms with Crippen LogP contribution in [0.25, 0.3) is 10.4 Å². The zero-order chi connectivity index (χ0) is 57.4. The third kappa shape index (κ3) is 13.5. The van der Waals surface area contributed by atoms with Crippen LogP contribution in [0.5, 0.6) is 5.75 Å². The summed E-state index contributed by atoms with van der Waals surface area (Å²) in [6.07, 6.45) is 4.40. The second kappa shape index (κ2) is 25.3. The number of epoxide rings is 4. The van der Waals surface area contributed by atoms with E-state index in [1.54, 1.807) is 30.3 Å². The van der Waals surface area contributed by atoms with Gasteiger partial charge in [-0.25, -0.2) is 9.59 Å². The molecule has 2 aromatic rings. The lowest BCUT2D eigenvalue weighted by atomic mass is 9.64. The van der Waals surface area contributed by atoms with Crippen molar-refractivity contribution in [2.45, 2.75) is 183 Å². The molecule has 2 aromatic carbocycles. The van der Waals surface area contributed by atoms with E-state index in [0.29, 0.717) is 76.7 Å². The molecule has 4 heterocycles. The highest BCUT2D eigenvalue weighted by molar-refractivity contribution is 5.77. The predicted octanol–water partition coefficient (Wildman–Crippen LogP) is 6.26. The number of allylic oxidation sites excluding steroid dienone is 2. The average molecular weight is 1100 g/mol. The first-order valence-corrected chi connectivity index (χ1v) is 27.3. The van der Waals surface area contributed by atoms with E-state index in [1.165, 1.54) is 25.4 Å². The number of nitrogens with one attached hydrogen (secondary N) is 4. The third-order valence-electron chi connectivity index (χ3n) is 16.5. The number of benzene rings is 2. The number of carbonyl (C=O) groups is 4. The van der Waals surface area contributed by atoms with Gasteiger partial charge in [-0.15, -0.1) is 0 Å². The molecule has 22 heteroatoms. The number of ether oxygens (including phenoxy) is 8. The maximum atomic E-state index is 12.6. The van der Waals surface area contributed by atoms with Crippen LogP contribution in [0.2, 0.25) is 0 Å². The molecule has 0 bridgehead atoms. The fraction of sp³-hybridized carbons (Fsp3) is 0.649. The van der Waals surface area contributed by atoms with Crippen molar-refractivity contribution in [1.82, 2.24) is 21.3 Å². The molecule has 4 aliphatic heterocycles. The van der Waals surface area contributed by atoms with E-state index in [1.807, 2.05) is 60.6 Å². The largest absolute Gasteiger partial charge is 0.508 e. The van der Waals surface area contributed by atoms with Crippen molar-refractivity contribution >= 4 is 29.7 Å². The highest BCUT2D eigenvalue weighted by Crippen LogP contribution is 2.63. The van der Waals surface area contributed by atoms with Crippen LogP contribution in [-0.4, -0.2) is 163 Å². The van der Waals surface area contributed by atoms with Crippen molar-refractivity contribution in [3.05, 3.63) is 92.9 Å². The number of aryl methyl sites for hydroxylation is 3. The van der Waals surface area contributed by atoms with Gasteiger partial charge in [0.25, 0.3) is 0 Å². The van der Waals surface area contributed by atoms with Gasteiger partial charge >= 0.3 is 12.2 Å². The van der Waals surface area contributed by atoms with Crippen molar-refractivity contribution in [1.29, 1.82) is 0 Å². The normalized spacial score (nSPS) is 32.4. The first-order chi connectivity index (χ1) is 37.5. The second-order valence-electron chi connectivity index (χ2n) is 22.4. The number of methoxy groups -OCH3 is 2. The number of carbonyl (C=O) groups excluding carboxylic acids is 4. The zero-order valence-electron chi connectivity index (χ0n) is 47.1. The SMILES string of the molecule is COC1C(OC(=O)NCCNC(=O)CCc2ccc(N=[N+]=[N-])c(C)c2)CCC2(CO2)C1(O)C1(C)OC1CC=C(C)C.COC1C(OC(=O)NCCNC(=O)CCc2ccc(O)cc2)CCC2(CO2)C1(O)C1(C)OC1CC=C(C)C. The lowest BCUT2D eigenvalue weighted by Gasteiger charge is -2.49. The second-order valence-corrected chi connectivity index (χ2v) is 22.4. The average Bonchev–Trinajstić information content (AvgIpc) is 4.45. The van der Waals surface area contributed by atoms with Gasteiger partial charge in [-0.2, -0.15) is 0 Å². The molecule has 0 radical (unpaired) electrons. The molecular weight excluding hydrogens is 1020 g/mol. The monoisotopic (exact) mass is 1100 g/mol. The van der Waals surface area contributed by atoms with Gasteiger partial charge in [0, 0.05) is 63.8 Å². The number of amides is 4. The van der Waals surface area contributed by atoms with Crippen molar-refractivity contribution in [3.63, 3.8) is 0 Å². The van der Waals surface area contributed by atoms with Crippen molar-refractivity contribution < 1.29 is 72.4 Å². The van der Waals surface area contributed by atoms with Gasteiger partial charge in [-0.1, -0.05) is 58.7 Å². The fourth-order valence-electron chi connectivity index (χ4n) is 11.7. The summed E-state index contributed by atoms with van der Waals surface area (Å²) in [5, 5.41) is 48.1. The van der Waals surface area contributed by atoms with E-state index < -0.39 is 70.2 Å². The molecule has 4 saturated heterocycles. The molecule has 22 nitrogen and oxygen atoms in total. The molecule has 8 rings (SSSR count). The Balaban J connectivity index is 0.000000229. The standard InChI is InChI=1S/C29H41N5O7.C28H40N2O8/c1-18(2)6-10-23-27(4,41-23)29(37)25(38-5)22(12-13-28(29)17-39-28)40-26(36)32-15-14-31-24(35)11-8-20-7-9-21(33-34-30)19(3)16-20;1-18(2)5-11-22-26(3,38-22)28(34)24(35-4)21(13-14-27(28)17-36-27)37-25(33)30-16-15-29-23(32)12-8-19-6-9-20(31)10-7-19/h6-7,9,16,22-23,25,37H,8,10-15,17H2,1-5H3,(H,31,35)(H,32,36);5-7,9-10,21-22,24,31,34H,8,11-17H2,1-4H3,(H,29,32)(H,30,33). The van der Waals surface area contributed by atoms with Crippen LogP contribution in [0.4, 0.5) is 15.3 Å². The Bertz CT molecular complexity index is 2610. The number of hydrogen-bond donors (Lipinski definition) is 7. The minimum absolute atomic E-state index is 0.139. The summed E-state index contributed by atoms with van der Waals surface area (Å²) in [7, 11) is 2.99. The molecule has 7 N–H and O–H groups in total. The van der Waals surface area contributed by atoms with Gasteiger partial charge < -0.3 is 74.5 Å². The van der Waals surface area contributed by atoms with E-state index >= 15 is 0 Å². The van der Waals surface area contributed by atoms with Crippen LogP contribution >= 0.6 is 0 Å². The van der Waals surface area contributed by atoms with Crippen LogP contribution in [0.15, 0.2) is 70.9 Å². The highest BCUT2D eigenvalue weighted by Gasteiger charge is 2.83. The number of hydrogen-bond acceptors (Lipinski definition) is 16. The maximum absolute atomic E-state index is 12.6. The van der Waals surface area contributed by atoms with Gasteiger partial charge in [0.05, 0.1) is 25.4 Å². The van der Waals surface area contributed by atoms with E-state index in [4.69, 9.17) is 43.4 Å². The zero-order valence-corrected chi connectivity index (χ0v) is 47.1. The summed E-state index contributed by atoms with van der Waals surface area (Å²) >= 11 is 0. The Labute approximate surface area is 462 Å². The molecule has 434 valence electrons. The molecule has 6 fully saturated rings. The Morgan fingerprint density at radius 2 is 1.11 bits per heavy atom. The molecule has 12 atom stereocenters. The molecule has 6 aliphatic rings. The fourth-order valence-corrected chi connectivity index (χ4v) is 11.7. The van der Waals surface area contributed by atoms with Crippen molar-refractivity contribution in [2.24, 2.45) is 5.11 Å². The van der Waals surface area contributed by atoms with Gasteiger partial charge in [0.2, 0.25) is 11.8 Å². The maximum Gasteiger partial charge on any atom is 0.407 e. The Hall–Kier alpha value is -5.81. The number of azide groups is 1. The minimum atomic E-state index is -1.49. The Morgan fingerprint density at radius 1 is 0.696 bits per heavy atom. The van der Waals surface area contributed by atoms with Gasteiger partial charge in [0.15, 0.2) is 11.2 Å². The number of phenols is 1. The molecule has 2 saturated carbocycles. The first kappa shape index (κ1) is 60.8.